The summed E-state index contributed by atoms with van der Waals surface area (Å²) in [6.45, 7) is 8.74. The van der Waals surface area contributed by atoms with E-state index in [0.717, 1.165) is 5.56 Å². The maximum Gasteiger partial charge on any atom is 0.414 e. The molecule has 3 heterocycles. The molecule has 1 aliphatic heterocycles. The number of aliphatic hydroxyl groups is 1. The van der Waals surface area contributed by atoms with Crippen molar-refractivity contribution in [3.8, 4) is 0 Å². The van der Waals surface area contributed by atoms with Gasteiger partial charge in [0.15, 0.2) is 0 Å². The third-order valence-corrected chi connectivity index (χ3v) is 8.09. The van der Waals surface area contributed by atoms with E-state index in [4.69, 9.17) is 10.5 Å². The van der Waals surface area contributed by atoms with E-state index < -0.39 is 17.3 Å². The van der Waals surface area contributed by atoms with Crippen molar-refractivity contribution in [2.24, 2.45) is 5.73 Å². The van der Waals surface area contributed by atoms with Crippen LogP contribution in [0.2, 0.25) is 0 Å². The van der Waals surface area contributed by atoms with Gasteiger partial charge in [-0.3, -0.25) is 19.1 Å². The van der Waals surface area contributed by atoms with Crippen LogP contribution in [0.4, 0.5) is 10.5 Å². The SMILES string of the molecule is C[C@H](CC(=O)N1CCC(O)(Cn2cnc3c(N(CCN)C(=O)OC(C)(C)C)csc3c2=O)CC1)c1ccccc1. The van der Waals surface area contributed by atoms with Gasteiger partial charge >= 0.3 is 6.09 Å². The molecule has 1 aromatic carbocycles. The normalized spacial score (nSPS) is 16.1. The van der Waals surface area contributed by atoms with Crippen LogP contribution in [0.1, 0.15) is 58.4 Å². The van der Waals surface area contributed by atoms with Crippen LogP contribution >= 0.6 is 11.3 Å². The molecule has 1 atom stereocenters. The summed E-state index contributed by atoms with van der Waals surface area (Å²) in [6.07, 6.45) is 1.99. The van der Waals surface area contributed by atoms with Crippen molar-refractivity contribution in [3.05, 3.63) is 58.0 Å². The van der Waals surface area contributed by atoms with Gasteiger partial charge in [0.1, 0.15) is 15.8 Å². The average molecular weight is 570 g/mol. The lowest BCUT2D eigenvalue weighted by atomic mass is 9.90. The molecule has 1 saturated heterocycles. The first-order valence-corrected chi connectivity index (χ1v) is 14.5. The minimum Gasteiger partial charge on any atom is -0.443 e. The molecular formula is C29H39N5O5S. The molecule has 10 nitrogen and oxygen atoms in total. The highest BCUT2D eigenvalue weighted by Crippen LogP contribution is 2.31. The molecule has 0 aliphatic carbocycles. The van der Waals surface area contributed by atoms with Crippen LogP contribution in [0.5, 0.6) is 0 Å². The zero-order valence-electron chi connectivity index (χ0n) is 23.6. The number of amides is 2. The highest BCUT2D eigenvalue weighted by atomic mass is 32.1. The molecular weight excluding hydrogens is 530 g/mol. The number of rotatable bonds is 8. The van der Waals surface area contributed by atoms with Gasteiger partial charge in [-0.2, -0.15) is 0 Å². The van der Waals surface area contributed by atoms with Crippen LogP contribution in [0.3, 0.4) is 0 Å². The number of nitrogens with two attached hydrogens (primary N) is 1. The number of anilines is 1. The van der Waals surface area contributed by atoms with Gasteiger partial charge in [0.25, 0.3) is 5.56 Å². The predicted molar refractivity (Wildman–Crippen MR) is 157 cm³/mol. The second-order valence-electron chi connectivity index (χ2n) is 11.5. The second kappa shape index (κ2) is 12.1. The third kappa shape index (κ3) is 6.89. The number of thiophene rings is 1. The number of carbonyl (C=O) groups excluding carboxylic acids is 2. The summed E-state index contributed by atoms with van der Waals surface area (Å²) in [7, 11) is 0. The van der Waals surface area contributed by atoms with Crippen molar-refractivity contribution in [3.63, 3.8) is 0 Å². The van der Waals surface area contributed by atoms with Crippen LogP contribution in [0, 0.1) is 0 Å². The van der Waals surface area contributed by atoms with Gasteiger partial charge < -0.3 is 20.5 Å². The predicted octanol–water partition coefficient (Wildman–Crippen LogP) is 3.71. The number of benzene rings is 1. The minimum absolute atomic E-state index is 0.0665. The Morgan fingerprint density at radius 2 is 1.90 bits per heavy atom. The number of aromatic nitrogens is 2. The van der Waals surface area contributed by atoms with Gasteiger partial charge in [-0.25, -0.2) is 9.78 Å². The van der Waals surface area contributed by atoms with Gasteiger partial charge in [0.2, 0.25) is 5.91 Å². The summed E-state index contributed by atoms with van der Waals surface area (Å²) in [5.41, 5.74) is 5.62. The molecule has 3 aromatic rings. The maximum absolute atomic E-state index is 13.4. The van der Waals surface area contributed by atoms with Crippen LogP contribution in [0.25, 0.3) is 10.2 Å². The summed E-state index contributed by atoms with van der Waals surface area (Å²) in [6, 6.07) is 9.96. The lowest BCUT2D eigenvalue weighted by molar-refractivity contribution is -0.136. The number of fused-ring (bicyclic) bond motifs is 1. The Labute approximate surface area is 238 Å². The first-order chi connectivity index (χ1) is 18.9. The van der Waals surface area contributed by atoms with Crippen LogP contribution in [-0.4, -0.2) is 68.9 Å². The molecule has 0 saturated carbocycles. The number of ether oxygens (including phenoxy) is 1. The number of nitrogens with zero attached hydrogens (tertiary/aromatic N) is 4. The Balaban J connectivity index is 1.44. The van der Waals surface area contributed by atoms with Gasteiger partial charge in [0, 0.05) is 38.0 Å². The highest BCUT2D eigenvalue weighted by Gasteiger charge is 2.35. The third-order valence-electron chi connectivity index (χ3n) is 7.15. The Hall–Kier alpha value is -3.28. The van der Waals surface area contributed by atoms with Crippen molar-refractivity contribution in [1.29, 1.82) is 0 Å². The first kappa shape index (κ1) is 29.7. The van der Waals surface area contributed by atoms with Crippen molar-refractivity contribution < 1.29 is 19.4 Å². The van der Waals surface area contributed by atoms with E-state index in [2.05, 4.69) is 4.98 Å². The molecule has 2 aromatic heterocycles. The molecule has 0 radical (unpaired) electrons. The molecule has 4 rings (SSSR count). The molecule has 2 amide bonds. The molecule has 40 heavy (non-hydrogen) atoms. The average Bonchev–Trinajstić information content (AvgIpc) is 3.33. The van der Waals surface area contributed by atoms with E-state index in [1.807, 2.05) is 37.3 Å². The quantitative estimate of drug-likeness (QED) is 0.423. The molecule has 0 unspecified atom stereocenters. The Kier molecular flexibility index (Phi) is 8.96. The zero-order chi connectivity index (χ0) is 29.1. The van der Waals surface area contributed by atoms with E-state index in [0.29, 0.717) is 48.3 Å². The Bertz CT molecular complexity index is 1390. The summed E-state index contributed by atoms with van der Waals surface area (Å²) < 4.78 is 7.32. The van der Waals surface area contributed by atoms with Crippen molar-refractivity contribution in [2.45, 2.75) is 70.6 Å². The first-order valence-electron chi connectivity index (χ1n) is 13.6. The summed E-state index contributed by atoms with van der Waals surface area (Å²) in [4.78, 5) is 46.8. The fraction of sp³-hybridized carbons (Fsp3) is 0.517. The number of hydrogen-bond donors (Lipinski definition) is 2. The molecule has 1 aliphatic rings. The van der Waals surface area contributed by atoms with Gasteiger partial charge in [-0.15, -0.1) is 11.3 Å². The number of likely N-dealkylation sites (tertiary alicyclic amines) is 1. The monoisotopic (exact) mass is 569 g/mol. The van der Waals surface area contributed by atoms with E-state index >= 15 is 0 Å². The fourth-order valence-corrected chi connectivity index (χ4v) is 5.88. The Morgan fingerprint density at radius 3 is 2.52 bits per heavy atom. The fourth-order valence-electron chi connectivity index (χ4n) is 4.93. The smallest absolute Gasteiger partial charge is 0.414 e. The minimum atomic E-state index is -1.14. The Morgan fingerprint density at radius 1 is 1.23 bits per heavy atom. The summed E-state index contributed by atoms with van der Waals surface area (Å²) >= 11 is 1.19. The van der Waals surface area contributed by atoms with Crippen molar-refractivity contribution in [1.82, 2.24) is 14.5 Å². The molecule has 0 bridgehead atoms. The molecule has 0 spiro atoms. The lowest BCUT2D eigenvalue weighted by Crippen LogP contribution is -2.49. The zero-order valence-corrected chi connectivity index (χ0v) is 24.4. The van der Waals surface area contributed by atoms with Crippen LogP contribution in [0.15, 0.2) is 46.8 Å². The summed E-state index contributed by atoms with van der Waals surface area (Å²) in [5, 5.41) is 13.0. The largest absolute Gasteiger partial charge is 0.443 e. The van der Waals surface area contributed by atoms with Crippen LogP contribution in [-0.2, 0) is 16.1 Å². The van der Waals surface area contributed by atoms with Gasteiger partial charge in [0.05, 0.1) is 24.2 Å². The van der Waals surface area contributed by atoms with Crippen LogP contribution < -0.4 is 16.2 Å². The summed E-state index contributed by atoms with van der Waals surface area (Å²) in [5.74, 6) is 0.175. The van der Waals surface area contributed by atoms with Crippen molar-refractivity contribution in [2.75, 3.05) is 31.1 Å². The van der Waals surface area contributed by atoms with Crippen molar-refractivity contribution >= 4 is 39.2 Å². The van der Waals surface area contributed by atoms with E-state index in [9.17, 15) is 19.5 Å². The maximum atomic E-state index is 13.4. The topological polar surface area (TPSA) is 131 Å². The van der Waals surface area contributed by atoms with E-state index in [1.165, 1.54) is 27.1 Å². The molecule has 216 valence electrons. The number of hydrogen-bond acceptors (Lipinski definition) is 8. The second-order valence-corrected chi connectivity index (χ2v) is 12.4. The standard InChI is InChI=1S/C29H39N5O5S/c1-20(21-8-6-5-7-9-21)16-23(35)32-13-10-29(38,11-14-32)18-33-19-31-24-22(17-40-25(24)26(33)36)34(15-12-30)27(37)39-28(2,3)4/h5-9,17,19-20,38H,10-16,18,30H2,1-4H3/t20-/m1/s1. The van der Waals surface area contributed by atoms with Gasteiger partial charge in [-0.1, -0.05) is 37.3 Å². The molecule has 11 heteroatoms. The lowest BCUT2D eigenvalue weighted by Gasteiger charge is -2.38. The number of carbonyl (C=O) groups is 2. The van der Waals surface area contributed by atoms with E-state index in [-0.39, 0.29) is 37.0 Å². The highest BCUT2D eigenvalue weighted by molar-refractivity contribution is 7.17. The number of piperidine rings is 1. The van der Waals surface area contributed by atoms with E-state index in [1.54, 1.807) is 31.1 Å². The van der Waals surface area contributed by atoms with Gasteiger partial charge in [-0.05, 0) is 45.1 Å². The molecule has 1 fully saturated rings. The molecule has 3 N–H and O–H groups in total.